The average molecular weight is 281 g/mol. The summed E-state index contributed by atoms with van der Waals surface area (Å²) in [6.07, 6.45) is 4.29. The lowest BCUT2D eigenvalue weighted by Crippen LogP contribution is -2.61. The van der Waals surface area contributed by atoms with Gasteiger partial charge in [0.1, 0.15) is 5.60 Å². The minimum atomic E-state index is -0.400. The number of rotatable bonds is 2. The number of carbonyl (C=O) groups excluding carboxylic acids is 1. The van der Waals surface area contributed by atoms with Gasteiger partial charge in [0.25, 0.3) is 0 Å². The van der Waals surface area contributed by atoms with Gasteiger partial charge in [-0.3, -0.25) is 0 Å². The predicted molar refractivity (Wildman–Crippen MR) is 77.7 cm³/mol. The first-order valence-electron chi connectivity index (χ1n) is 7.90. The Morgan fingerprint density at radius 2 is 1.75 bits per heavy atom. The van der Waals surface area contributed by atoms with E-state index in [1.54, 1.807) is 0 Å². The first-order chi connectivity index (χ1) is 9.42. The van der Waals surface area contributed by atoms with E-state index in [0.29, 0.717) is 24.2 Å². The molecule has 5 nitrogen and oxygen atoms in total. The van der Waals surface area contributed by atoms with Crippen molar-refractivity contribution in [1.29, 1.82) is 0 Å². The minimum Gasteiger partial charge on any atom is -0.444 e. The van der Waals surface area contributed by atoms with E-state index in [1.807, 2.05) is 25.7 Å². The highest BCUT2D eigenvalue weighted by Gasteiger charge is 2.45. The molecule has 3 rings (SSSR count). The van der Waals surface area contributed by atoms with E-state index < -0.39 is 5.60 Å². The van der Waals surface area contributed by atoms with Gasteiger partial charge >= 0.3 is 6.09 Å². The Kier molecular flexibility index (Phi) is 3.67. The molecule has 3 aliphatic heterocycles. The number of amides is 1. The van der Waals surface area contributed by atoms with Crippen molar-refractivity contribution < 1.29 is 9.53 Å². The summed E-state index contributed by atoms with van der Waals surface area (Å²) < 4.78 is 5.56. The van der Waals surface area contributed by atoms with Crippen molar-refractivity contribution in [3.8, 4) is 0 Å². The highest BCUT2D eigenvalue weighted by molar-refractivity contribution is 5.69. The van der Waals surface area contributed by atoms with Gasteiger partial charge < -0.3 is 20.3 Å². The summed E-state index contributed by atoms with van der Waals surface area (Å²) in [6, 6.07) is 1.94. The SMILES string of the molecule is CC(C)(C)OC(=O)N1C2CCC1CC(NC1CNC1)C2. The molecule has 0 radical (unpaired) electrons. The molecule has 0 spiro atoms. The van der Waals surface area contributed by atoms with Crippen molar-refractivity contribution >= 4 is 6.09 Å². The molecule has 0 aromatic heterocycles. The predicted octanol–water partition coefficient (Wildman–Crippen LogP) is 1.48. The molecule has 1 amide bonds. The third-order valence-electron chi connectivity index (χ3n) is 4.59. The van der Waals surface area contributed by atoms with E-state index in [-0.39, 0.29) is 6.09 Å². The first kappa shape index (κ1) is 14.1. The molecule has 2 unspecified atom stereocenters. The molecule has 3 aliphatic rings. The van der Waals surface area contributed by atoms with Crippen LogP contribution in [-0.4, -0.2) is 53.9 Å². The lowest BCUT2D eigenvalue weighted by atomic mass is 9.96. The molecule has 3 saturated heterocycles. The summed E-state index contributed by atoms with van der Waals surface area (Å²) in [7, 11) is 0. The largest absolute Gasteiger partial charge is 0.444 e. The third-order valence-corrected chi connectivity index (χ3v) is 4.59. The zero-order chi connectivity index (χ0) is 14.3. The molecule has 0 aromatic carbocycles. The second kappa shape index (κ2) is 5.19. The molecule has 0 aliphatic carbocycles. The Hall–Kier alpha value is -0.810. The standard InChI is InChI=1S/C15H27N3O2/c1-15(2,3)20-14(19)18-12-4-5-13(18)7-10(6-12)17-11-8-16-9-11/h10-13,16-17H,4-9H2,1-3H3. The van der Waals surface area contributed by atoms with Gasteiger partial charge in [-0.05, 0) is 46.5 Å². The molecule has 2 bridgehead atoms. The van der Waals surface area contributed by atoms with Crippen molar-refractivity contribution in [2.24, 2.45) is 0 Å². The molecule has 3 fully saturated rings. The van der Waals surface area contributed by atoms with Crippen molar-refractivity contribution in [2.45, 2.75) is 76.2 Å². The van der Waals surface area contributed by atoms with Crippen molar-refractivity contribution in [2.75, 3.05) is 13.1 Å². The monoisotopic (exact) mass is 281 g/mol. The molecule has 0 saturated carbocycles. The molecule has 2 atom stereocenters. The van der Waals surface area contributed by atoms with E-state index in [0.717, 1.165) is 38.8 Å². The van der Waals surface area contributed by atoms with Gasteiger partial charge in [0.05, 0.1) is 0 Å². The minimum absolute atomic E-state index is 0.117. The summed E-state index contributed by atoms with van der Waals surface area (Å²) in [6.45, 7) is 7.98. The van der Waals surface area contributed by atoms with Gasteiger partial charge in [-0.25, -0.2) is 4.79 Å². The van der Waals surface area contributed by atoms with Crippen molar-refractivity contribution in [3.63, 3.8) is 0 Å². The fraction of sp³-hybridized carbons (Fsp3) is 0.933. The number of hydrogen-bond donors (Lipinski definition) is 2. The van der Waals surface area contributed by atoms with Crippen molar-refractivity contribution in [1.82, 2.24) is 15.5 Å². The van der Waals surface area contributed by atoms with Crippen LogP contribution < -0.4 is 10.6 Å². The highest BCUT2D eigenvalue weighted by Crippen LogP contribution is 2.37. The van der Waals surface area contributed by atoms with E-state index >= 15 is 0 Å². The number of nitrogens with zero attached hydrogens (tertiary/aromatic N) is 1. The zero-order valence-corrected chi connectivity index (χ0v) is 12.8. The van der Waals surface area contributed by atoms with E-state index in [9.17, 15) is 4.79 Å². The van der Waals surface area contributed by atoms with Gasteiger partial charge in [-0.1, -0.05) is 0 Å². The summed E-state index contributed by atoms with van der Waals surface area (Å²) in [5, 5.41) is 7.02. The van der Waals surface area contributed by atoms with E-state index in [4.69, 9.17) is 4.74 Å². The Morgan fingerprint density at radius 3 is 2.20 bits per heavy atom. The fourth-order valence-electron chi connectivity index (χ4n) is 3.67. The van der Waals surface area contributed by atoms with Crippen LogP contribution in [-0.2, 0) is 4.74 Å². The summed E-state index contributed by atoms with van der Waals surface area (Å²) >= 11 is 0. The summed E-state index contributed by atoms with van der Waals surface area (Å²) in [5.41, 5.74) is -0.400. The number of hydrogen-bond acceptors (Lipinski definition) is 4. The smallest absolute Gasteiger partial charge is 0.410 e. The quantitative estimate of drug-likeness (QED) is 0.805. The Balaban J connectivity index is 1.58. The van der Waals surface area contributed by atoms with Crippen LogP contribution in [0.3, 0.4) is 0 Å². The maximum atomic E-state index is 12.3. The average Bonchev–Trinajstić information content (AvgIpc) is 2.54. The lowest BCUT2D eigenvalue weighted by Gasteiger charge is -2.42. The second-order valence-electron chi connectivity index (χ2n) is 7.46. The number of piperidine rings is 1. The van der Waals surface area contributed by atoms with Crippen LogP contribution in [0.15, 0.2) is 0 Å². The van der Waals surface area contributed by atoms with E-state index in [1.165, 1.54) is 0 Å². The molecule has 0 aromatic rings. The molecule has 2 N–H and O–H groups in total. The number of carbonyl (C=O) groups is 1. The summed E-state index contributed by atoms with van der Waals surface area (Å²) in [4.78, 5) is 14.4. The molecule has 20 heavy (non-hydrogen) atoms. The molecule has 3 heterocycles. The fourth-order valence-corrected chi connectivity index (χ4v) is 3.67. The topological polar surface area (TPSA) is 53.6 Å². The summed E-state index contributed by atoms with van der Waals surface area (Å²) in [5.74, 6) is 0. The maximum Gasteiger partial charge on any atom is 0.410 e. The van der Waals surface area contributed by atoms with Crippen LogP contribution in [0.5, 0.6) is 0 Å². The third kappa shape index (κ3) is 2.93. The van der Waals surface area contributed by atoms with Crippen LogP contribution in [0.2, 0.25) is 0 Å². The molecule has 5 heteroatoms. The van der Waals surface area contributed by atoms with Crippen LogP contribution >= 0.6 is 0 Å². The van der Waals surface area contributed by atoms with Gasteiger partial charge in [-0.15, -0.1) is 0 Å². The van der Waals surface area contributed by atoms with Gasteiger partial charge in [-0.2, -0.15) is 0 Å². The Bertz CT molecular complexity index is 362. The van der Waals surface area contributed by atoms with Gasteiger partial charge in [0.15, 0.2) is 0 Å². The first-order valence-corrected chi connectivity index (χ1v) is 7.90. The van der Waals surface area contributed by atoms with Gasteiger partial charge in [0.2, 0.25) is 0 Å². The maximum absolute atomic E-state index is 12.3. The number of fused-ring (bicyclic) bond motifs is 2. The second-order valence-corrected chi connectivity index (χ2v) is 7.46. The molecular formula is C15H27N3O2. The molecular weight excluding hydrogens is 254 g/mol. The Morgan fingerprint density at radius 1 is 1.15 bits per heavy atom. The molecule has 114 valence electrons. The Labute approximate surface area is 121 Å². The number of nitrogens with one attached hydrogen (secondary N) is 2. The zero-order valence-electron chi connectivity index (χ0n) is 12.8. The lowest BCUT2D eigenvalue weighted by molar-refractivity contribution is 0.00398. The highest BCUT2D eigenvalue weighted by atomic mass is 16.6. The van der Waals surface area contributed by atoms with E-state index in [2.05, 4.69) is 10.6 Å². The van der Waals surface area contributed by atoms with Gasteiger partial charge in [0, 0.05) is 37.3 Å². The van der Waals surface area contributed by atoms with Crippen LogP contribution in [0.1, 0.15) is 46.5 Å². The van der Waals surface area contributed by atoms with Crippen LogP contribution in [0.25, 0.3) is 0 Å². The van der Waals surface area contributed by atoms with Crippen molar-refractivity contribution in [3.05, 3.63) is 0 Å². The van der Waals surface area contributed by atoms with Crippen LogP contribution in [0.4, 0.5) is 4.79 Å². The normalized spacial score (nSPS) is 34.0. The van der Waals surface area contributed by atoms with Crippen LogP contribution in [0, 0.1) is 0 Å². The number of ether oxygens (including phenoxy) is 1.